The molecule has 0 radical (unpaired) electrons. The summed E-state index contributed by atoms with van der Waals surface area (Å²) in [5, 5.41) is 1.50. The average Bonchev–Trinajstić information content (AvgIpc) is 2.30. The number of halogens is 2. The number of hydrogen-bond acceptors (Lipinski definition) is 2. The van der Waals surface area contributed by atoms with E-state index in [1.54, 1.807) is 0 Å². The summed E-state index contributed by atoms with van der Waals surface area (Å²) in [5.41, 5.74) is 0. The lowest BCUT2D eigenvalue weighted by Gasteiger charge is -2.33. The van der Waals surface area contributed by atoms with Crippen LogP contribution in [0.1, 0.15) is 22.8 Å². The van der Waals surface area contributed by atoms with Crippen LogP contribution in [0.25, 0.3) is 0 Å². The summed E-state index contributed by atoms with van der Waals surface area (Å²) in [6.07, 6.45) is -2.77. The predicted octanol–water partition coefficient (Wildman–Crippen LogP) is 1.88. The average molecular weight is 273 g/mol. The fraction of sp³-hybridized carbons (Fsp3) is 1.00. The molecule has 1 fully saturated rings. The number of nitrogens with zero attached hydrogens (tertiary/aromatic N) is 1. The third kappa shape index (κ3) is 3.37. The summed E-state index contributed by atoms with van der Waals surface area (Å²) in [7, 11) is -5.29. The van der Waals surface area contributed by atoms with Gasteiger partial charge in [-0.05, 0) is 6.37 Å². The molecule has 1 heterocycles. The van der Waals surface area contributed by atoms with E-state index >= 15 is 0 Å². The molecule has 1 aliphatic heterocycles. The van der Waals surface area contributed by atoms with E-state index in [4.69, 9.17) is 39.7 Å². The Morgan fingerprint density at radius 1 is 1.57 bits per heavy atom. The summed E-state index contributed by atoms with van der Waals surface area (Å²) >= 11 is 10.6. The minimum absolute atomic E-state index is 0.583. The highest BCUT2D eigenvalue weighted by atomic mass is 35.5. The van der Waals surface area contributed by atoms with E-state index in [1.165, 1.54) is 5.09 Å². The molecule has 0 amide bonds. The van der Waals surface area contributed by atoms with Gasteiger partial charge in [0.25, 0.3) is 0 Å². The lowest BCUT2D eigenvalue weighted by Crippen LogP contribution is -2.35. The van der Waals surface area contributed by atoms with Crippen molar-refractivity contribution in [1.29, 1.82) is 0 Å². The zero-order chi connectivity index (χ0) is 21.2. The zero-order valence-electron chi connectivity index (χ0n) is 18.7. The fourth-order valence-corrected chi connectivity index (χ4v) is 2.04. The Kier molecular flexibility index (Phi) is 1.74. The van der Waals surface area contributed by atoms with Gasteiger partial charge in [0.2, 0.25) is 0 Å². The summed E-state index contributed by atoms with van der Waals surface area (Å²) in [5.74, 6) is -6.93. The first-order valence-electron chi connectivity index (χ1n) is 9.26. The Labute approximate surface area is 111 Å². The van der Waals surface area contributed by atoms with Crippen LogP contribution in [0.2, 0.25) is 0 Å². The molecule has 14 heavy (non-hydrogen) atoms. The highest BCUT2D eigenvalue weighted by Crippen LogP contribution is 2.47. The molecule has 0 aromatic rings. The van der Waals surface area contributed by atoms with Gasteiger partial charge in [-0.25, -0.2) is 9.76 Å². The number of hydrogen-bond donors (Lipinski definition) is 1. The number of alkyl halides is 2. The van der Waals surface area contributed by atoms with Gasteiger partial charge in [0, 0.05) is 47.6 Å². The quantitative estimate of drug-likeness (QED) is 0.613. The Morgan fingerprint density at radius 2 is 2.21 bits per heavy atom. The maximum atomic E-state index is 13.1. The van der Waals surface area contributed by atoms with Gasteiger partial charge in [0.05, 0.1) is 6.61 Å². The summed E-state index contributed by atoms with van der Waals surface area (Å²) < 4.78 is 108. The highest BCUT2D eigenvalue weighted by Gasteiger charge is 2.32. The van der Waals surface area contributed by atoms with Crippen LogP contribution in [0.4, 0.5) is 0 Å². The van der Waals surface area contributed by atoms with Crippen LogP contribution >= 0.6 is 30.9 Å². The minimum Gasteiger partial charge on any atom is -0.306 e. The first-order chi connectivity index (χ1) is 11.0. The topological polar surface area (TPSA) is 41.6 Å². The van der Waals surface area contributed by atoms with Crippen LogP contribution in [0, 0.1) is 0 Å². The molecule has 0 saturated carbocycles. The Morgan fingerprint density at radius 3 is 2.71 bits per heavy atom. The molecule has 0 aromatic carbocycles. The Hall–Kier alpha value is 0.690. The van der Waals surface area contributed by atoms with Crippen molar-refractivity contribution in [2.45, 2.75) is 6.37 Å². The normalized spacial score (nSPS) is 52.2. The Balaban J connectivity index is 3.66. The molecular formula is C7H15Cl2N2O2P. The van der Waals surface area contributed by atoms with E-state index < -0.39 is 56.5 Å². The molecule has 7 heteroatoms. The fourth-order valence-electron chi connectivity index (χ4n) is 0.646. The Bertz CT molecular complexity index is 579. The van der Waals surface area contributed by atoms with Crippen LogP contribution in [0.3, 0.4) is 0 Å². The van der Waals surface area contributed by atoms with Crippen molar-refractivity contribution < 1.29 is 25.5 Å². The summed E-state index contributed by atoms with van der Waals surface area (Å²) in [4.78, 5) is 0. The number of rotatable bonds is 5. The predicted molar refractivity (Wildman–Crippen MR) is 59.2 cm³/mol. The summed E-state index contributed by atoms with van der Waals surface area (Å²) in [6.45, 7) is -11.9. The molecule has 84 valence electrons. The number of nitrogens with one attached hydrogen (secondary N) is 1. The third-order valence-electron chi connectivity index (χ3n) is 1.16. The molecule has 0 aliphatic carbocycles. The zero-order valence-corrected chi connectivity index (χ0v) is 9.08. The molecule has 0 aromatic heterocycles. The second kappa shape index (κ2) is 6.31. The van der Waals surface area contributed by atoms with Gasteiger partial charge >= 0.3 is 7.67 Å². The van der Waals surface area contributed by atoms with E-state index in [-0.39, 0.29) is 0 Å². The molecule has 0 spiro atoms. The molecule has 1 aliphatic rings. The van der Waals surface area contributed by atoms with Crippen LogP contribution < -0.4 is 5.09 Å². The molecule has 1 N–H and O–H groups in total. The van der Waals surface area contributed by atoms with Crippen molar-refractivity contribution in [3.05, 3.63) is 0 Å². The molecule has 4 nitrogen and oxygen atoms in total. The maximum absolute atomic E-state index is 13.1. The van der Waals surface area contributed by atoms with Gasteiger partial charge in [0.15, 0.2) is 0 Å². The van der Waals surface area contributed by atoms with Gasteiger partial charge in [-0.15, -0.1) is 23.2 Å². The molecule has 1 rings (SSSR count). The van der Waals surface area contributed by atoms with Crippen molar-refractivity contribution in [2.24, 2.45) is 0 Å². The first kappa shape index (κ1) is 3.86. The van der Waals surface area contributed by atoms with Crippen LogP contribution in [-0.2, 0) is 9.09 Å². The van der Waals surface area contributed by atoms with Crippen LogP contribution in [0.15, 0.2) is 0 Å². The van der Waals surface area contributed by atoms with Crippen LogP contribution in [0.5, 0.6) is 0 Å². The van der Waals surface area contributed by atoms with Crippen molar-refractivity contribution >= 4 is 30.9 Å². The smallest absolute Gasteiger partial charge is 0.306 e. The van der Waals surface area contributed by atoms with Crippen molar-refractivity contribution in [3.8, 4) is 0 Å². The highest BCUT2D eigenvalue weighted by molar-refractivity contribution is 7.54. The van der Waals surface area contributed by atoms with Gasteiger partial charge in [-0.2, -0.15) is 0 Å². The second-order valence-corrected chi connectivity index (χ2v) is 4.23. The van der Waals surface area contributed by atoms with Gasteiger partial charge in [-0.1, -0.05) is 0 Å². The van der Waals surface area contributed by atoms with Crippen LogP contribution in [-0.4, -0.2) is 42.4 Å². The minimum atomic E-state index is -5.29. The van der Waals surface area contributed by atoms with Gasteiger partial charge in [0.1, 0.15) is 0 Å². The molecule has 1 saturated heterocycles. The molecular weight excluding hydrogens is 246 g/mol. The largest absolute Gasteiger partial charge is 0.343 e. The maximum Gasteiger partial charge on any atom is 0.343 e. The van der Waals surface area contributed by atoms with E-state index in [1.807, 2.05) is 0 Å². The lowest BCUT2D eigenvalue weighted by molar-refractivity contribution is 0.233. The summed E-state index contributed by atoms with van der Waals surface area (Å²) in [6, 6.07) is 0. The van der Waals surface area contributed by atoms with Crippen molar-refractivity contribution in [1.82, 2.24) is 9.76 Å². The molecule has 1 unspecified atom stereocenters. The van der Waals surface area contributed by atoms with E-state index in [2.05, 4.69) is 4.52 Å². The van der Waals surface area contributed by atoms with E-state index in [9.17, 15) is 4.57 Å². The van der Waals surface area contributed by atoms with E-state index in [0.29, 0.717) is 0 Å². The van der Waals surface area contributed by atoms with Crippen molar-refractivity contribution in [3.63, 3.8) is 0 Å². The standard InChI is InChI=1S/C7H15Cl2N2O2P/c8-2-5-11(6-3-9)14(12)10-4-1-7-13-14/h1-7H2,(H,10,12)/i1D2,2D2,3D2,4D2,5D2,6D2. The van der Waals surface area contributed by atoms with Crippen molar-refractivity contribution in [2.75, 3.05) is 37.8 Å². The second-order valence-electron chi connectivity index (χ2n) is 1.93. The van der Waals surface area contributed by atoms with Gasteiger partial charge in [-0.3, -0.25) is 4.57 Å². The molecule has 1 atom stereocenters. The van der Waals surface area contributed by atoms with E-state index in [0.717, 1.165) is 0 Å². The monoisotopic (exact) mass is 272 g/mol. The first-order valence-corrected chi connectivity index (χ1v) is 5.59. The SMILES string of the molecule is [2H]C([2H])(Cl)C([2H])([2H])N(C([2H])([2H])C([2H])([2H])Cl)P1(=O)NC([2H])([2H])C([2H])([2H])CO1. The molecule has 0 bridgehead atoms. The van der Waals surface area contributed by atoms with Gasteiger partial charge < -0.3 is 4.52 Å². The lowest BCUT2D eigenvalue weighted by atomic mass is 10.5. The third-order valence-corrected chi connectivity index (χ3v) is 2.93.